The molecule has 104 valence electrons. The molecule has 3 heteroatoms. The third-order valence-electron chi connectivity index (χ3n) is 4.98. The van der Waals surface area contributed by atoms with Crippen LogP contribution in [0.3, 0.4) is 0 Å². The summed E-state index contributed by atoms with van der Waals surface area (Å²) < 4.78 is 0. The summed E-state index contributed by atoms with van der Waals surface area (Å²) in [5.41, 5.74) is 3.89. The molecule has 0 radical (unpaired) electrons. The molecule has 0 saturated heterocycles. The molecule has 3 rings (SSSR count). The maximum atomic E-state index is 10.5. The second-order valence-electron chi connectivity index (χ2n) is 7.01. The highest BCUT2D eigenvalue weighted by molar-refractivity contribution is 6.69. The molecule has 0 spiro atoms. The first kappa shape index (κ1) is 13.2. The van der Waals surface area contributed by atoms with Gasteiger partial charge >= 0.3 is 0 Å². The average molecular weight is 280 g/mol. The molecule has 3 aliphatic rings. The van der Waals surface area contributed by atoms with Crippen LogP contribution in [0.5, 0.6) is 0 Å². The Morgan fingerprint density at radius 1 is 1.37 bits per heavy atom. The molecule has 19 heavy (non-hydrogen) atoms. The van der Waals surface area contributed by atoms with Crippen LogP contribution in [-0.4, -0.2) is 16.8 Å². The smallest absolute Gasteiger partial charge is 0.166 e. The first-order valence-electron chi connectivity index (χ1n) is 7.26. The fraction of sp³-hybridized carbons (Fsp3) is 0.688. The van der Waals surface area contributed by atoms with Gasteiger partial charge in [-0.3, -0.25) is 4.99 Å². The Labute approximate surface area is 120 Å². The number of aliphatic hydroxyl groups excluding tert-OH is 1. The highest BCUT2D eigenvalue weighted by Crippen LogP contribution is 2.53. The highest BCUT2D eigenvalue weighted by atomic mass is 35.5. The Morgan fingerprint density at radius 2 is 2.11 bits per heavy atom. The summed E-state index contributed by atoms with van der Waals surface area (Å²) in [7, 11) is 0. The van der Waals surface area contributed by atoms with Crippen LogP contribution in [0.25, 0.3) is 0 Å². The molecular formula is C16H22ClNO. The van der Waals surface area contributed by atoms with E-state index in [9.17, 15) is 5.11 Å². The van der Waals surface area contributed by atoms with Crippen molar-refractivity contribution in [2.45, 2.75) is 46.5 Å². The molecule has 1 fully saturated rings. The quantitative estimate of drug-likeness (QED) is 0.690. The Balaban J connectivity index is 2.22. The SMILES string of the molecule is CC1CC2=C3C(=C(O)C(Cl)=NC2)C(C)(C)CCC3C1. The zero-order chi connectivity index (χ0) is 13.8. The fourth-order valence-electron chi connectivity index (χ4n) is 4.11. The van der Waals surface area contributed by atoms with Gasteiger partial charge in [-0.2, -0.15) is 0 Å². The van der Waals surface area contributed by atoms with Gasteiger partial charge in [0, 0.05) is 5.57 Å². The van der Waals surface area contributed by atoms with Gasteiger partial charge in [-0.25, -0.2) is 0 Å². The molecule has 2 atom stereocenters. The number of hydrogen-bond acceptors (Lipinski definition) is 2. The van der Waals surface area contributed by atoms with Crippen molar-refractivity contribution in [3.8, 4) is 0 Å². The van der Waals surface area contributed by atoms with Gasteiger partial charge in [0.2, 0.25) is 0 Å². The minimum absolute atomic E-state index is 0.00173. The predicted octanol–water partition coefficient (Wildman–Crippen LogP) is 4.61. The molecule has 0 aromatic heterocycles. The highest BCUT2D eigenvalue weighted by Gasteiger charge is 2.42. The average Bonchev–Trinajstić information content (AvgIpc) is 2.46. The van der Waals surface area contributed by atoms with Crippen molar-refractivity contribution >= 4 is 16.8 Å². The summed E-state index contributed by atoms with van der Waals surface area (Å²) in [5, 5.41) is 10.8. The van der Waals surface area contributed by atoms with E-state index in [1.807, 2.05) is 0 Å². The molecule has 2 nitrogen and oxygen atoms in total. The number of hydrogen-bond donors (Lipinski definition) is 1. The Kier molecular flexibility index (Phi) is 3.05. The monoisotopic (exact) mass is 279 g/mol. The number of halogens is 1. The normalized spacial score (nSPS) is 33.8. The maximum absolute atomic E-state index is 10.5. The van der Waals surface area contributed by atoms with E-state index in [1.165, 1.54) is 24.0 Å². The van der Waals surface area contributed by atoms with Gasteiger partial charge in [0.1, 0.15) is 0 Å². The van der Waals surface area contributed by atoms with Crippen LogP contribution in [-0.2, 0) is 0 Å². The minimum Gasteiger partial charge on any atom is -0.504 e. The standard InChI is InChI=1S/C16H22ClNO/c1-9-6-10-4-5-16(2,3)13-12(10)11(7-9)8-18-15(17)14(13)19/h9-10,19H,4-8H2,1-3H3. The van der Waals surface area contributed by atoms with Gasteiger partial charge < -0.3 is 5.11 Å². The lowest BCUT2D eigenvalue weighted by molar-refractivity contribution is 0.263. The van der Waals surface area contributed by atoms with Crippen LogP contribution >= 0.6 is 11.6 Å². The van der Waals surface area contributed by atoms with Crippen LogP contribution in [0.4, 0.5) is 0 Å². The van der Waals surface area contributed by atoms with E-state index in [1.54, 1.807) is 0 Å². The zero-order valence-corrected chi connectivity index (χ0v) is 12.7. The van der Waals surface area contributed by atoms with E-state index in [-0.39, 0.29) is 11.2 Å². The minimum atomic E-state index is 0.00173. The van der Waals surface area contributed by atoms with Gasteiger partial charge in [-0.05, 0) is 54.1 Å². The summed E-state index contributed by atoms with van der Waals surface area (Å²) in [6.07, 6.45) is 4.69. The van der Waals surface area contributed by atoms with Gasteiger partial charge in [-0.1, -0.05) is 32.4 Å². The molecule has 2 aliphatic carbocycles. The van der Waals surface area contributed by atoms with Crippen LogP contribution < -0.4 is 0 Å². The van der Waals surface area contributed by atoms with E-state index in [0.29, 0.717) is 17.6 Å². The molecule has 0 amide bonds. The van der Waals surface area contributed by atoms with Gasteiger partial charge in [0.25, 0.3) is 0 Å². The lowest BCUT2D eigenvalue weighted by Gasteiger charge is -2.44. The third-order valence-corrected chi connectivity index (χ3v) is 5.27. The second-order valence-corrected chi connectivity index (χ2v) is 7.37. The second kappa shape index (κ2) is 4.37. The number of nitrogens with zero attached hydrogens (tertiary/aromatic N) is 1. The largest absolute Gasteiger partial charge is 0.504 e. The molecule has 1 N–H and O–H groups in total. The van der Waals surface area contributed by atoms with Gasteiger partial charge in [0.15, 0.2) is 10.9 Å². The van der Waals surface area contributed by atoms with Gasteiger partial charge in [0.05, 0.1) is 6.54 Å². The topological polar surface area (TPSA) is 32.6 Å². The van der Waals surface area contributed by atoms with Crippen molar-refractivity contribution in [3.05, 3.63) is 22.5 Å². The van der Waals surface area contributed by atoms with Crippen LogP contribution in [0.1, 0.15) is 46.5 Å². The maximum Gasteiger partial charge on any atom is 0.166 e. The Morgan fingerprint density at radius 3 is 2.84 bits per heavy atom. The van der Waals surface area contributed by atoms with E-state index in [4.69, 9.17) is 11.6 Å². The third kappa shape index (κ3) is 2.05. The Hall–Kier alpha value is -0.760. The molecule has 1 saturated carbocycles. The van der Waals surface area contributed by atoms with Crippen LogP contribution in [0, 0.1) is 17.3 Å². The predicted molar refractivity (Wildman–Crippen MR) is 79.7 cm³/mol. The van der Waals surface area contributed by atoms with Crippen molar-refractivity contribution in [1.29, 1.82) is 0 Å². The number of allylic oxidation sites excluding steroid dienone is 3. The molecule has 2 unspecified atom stereocenters. The van der Waals surface area contributed by atoms with Crippen molar-refractivity contribution in [3.63, 3.8) is 0 Å². The van der Waals surface area contributed by atoms with E-state index in [0.717, 1.165) is 24.3 Å². The van der Waals surface area contributed by atoms with Gasteiger partial charge in [-0.15, -0.1) is 0 Å². The summed E-state index contributed by atoms with van der Waals surface area (Å²) in [5.74, 6) is 1.55. The molecule has 0 aromatic rings. The summed E-state index contributed by atoms with van der Waals surface area (Å²) in [4.78, 5) is 4.37. The Bertz CT molecular complexity index is 513. The lowest BCUT2D eigenvalue weighted by Crippen LogP contribution is -2.32. The first-order chi connectivity index (χ1) is 8.90. The lowest BCUT2D eigenvalue weighted by atomic mass is 9.61. The van der Waals surface area contributed by atoms with E-state index in [2.05, 4.69) is 25.8 Å². The molecule has 0 aromatic carbocycles. The van der Waals surface area contributed by atoms with E-state index < -0.39 is 0 Å². The van der Waals surface area contributed by atoms with Crippen molar-refractivity contribution in [2.24, 2.45) is 22.2 Å². The van der Waals surface area contributed by atoms with Crippen LogP contribution in [0.2, 0.25) is 0 Å². The van der Waals surface area contributed by atoms with Crippen LogP contribution in [0.15, 0.2) is 27.5 Å². The molecule has 1 heterocycles. The number of aliphatic hydroxyl groups is 1. The molecule has 0 bridgehead atoms. The van der Waals surface area contributed by atoms with Crippen molar-refractivity contribution < 1.29 is 5.11 Å². The summed E-state index contributed by atoms with van der Waals surface area (Å²) in [6, 6.07) is 0. The zero-order valence-electron chi connectivity index (χ0n) is 12.0. The fourth-order valence-corrected chi connectivity index (χ4v) is 4.27. The van der Waals surface area contributed by atoms with Crippen molar-refractivity contribution in [1.82, 2.24) is 0 Å². The van der Waals surface area contributed by atoms with Crippen molar-refractivity contribution in [2.75, 3.05) is 6.54 Å². The molecule has 1 aliphatic heterocycles. The summed E-state index contributed by atoms with van der Waals surface area (Å²) in [6.45, 7) is 7.42. The van der Waals surface area contributed by atoms with E-state index >= 15 is 0 Å². The summed E-state index contributed by atoms with van der Waals surface area (Å²) >= 11 is 6.16. The first-order valence-corrected chi connectivity index (χ1v) is 7.64. The number of rotatable bonds is 0. The number of aliphatic imine (C=N–C) groups is 1. The molecular weight excluding hydrogens is 258 g/mol.